The van der Waals surface area contributed by atoms with Crippen LogP contribution < -0.4 is 10.6 Å². The van der Waals surface area contributed by atoms with E-state index in [2.05, 4.69) is 67.1 Å². The van der Waals surface area contributed by atoms with Gasteiger partial charge >= 0.3 is 0 Å². The summed E-state index contributed by atoms with van der Waals surface area (Å²) in [6.07, 6.45) is 6.09. The SMILES string of the molecule is Cc1cc(C)cc(-c2cn3c(-c4ccc(C(=O)NC5CC5)cc4)cnc3c(NCC(C)C)n2)c1. The Hall–Kier alpha value is -3.67. The minimum atomic E-state index is -0.00586. The van der Waals surface area contributed by atoms with Gasteiger partial charge in [-0.05, 0) is 56.9 Å². The van der Waals surface area contributed by atoms with E-state index in [9.17, 15) is 4.79 Å². The molecule has 1 aliphatic rings. The number of carbonyl (C=O) groups excluding carboxylic acids is 1. The molecule has 0 unspecified atom stereocenters. The molecule has 34 heavy (non-hydrogen) atoms. The lowest BCUT2D eigenvalue weighted by molar-refractivity contribution is 0.0951. The van der Waals surface area contributed by atoms with Crippen molar-refractivity contribution in [3.8, 4) is 22.5 Å². The maximum absolute atomic E-state index is 12.4. The predicted molar refractivity (Wildman–Crippen MR) is 137 cm³/mol. The normalized spacial score (nSPS) is 13.4. The van der Waals surface area contributed by atoms with Gasteiger partial charge in [0.25, 0.3) is 5.91 Å². The molecule has 0 bridgehead atoms. The van der Waals surface area contributed by atoms with Crippen LogP contribution in [0.1, 0.15) is 48.2 Å². The van der Waals surface area contributed by atoms with Gasteiger partial charge in [-0.1, -0.05) is 43.2 Å². The van der Waals surface area contributed by atoms with Gasteiger partial charge in [0, 0.05) is 35.5 Å². The number of amides is 1. The molecule has 2 aromatic heterocycles. The standard InChI is InChI=1S/C28H31N5O/c1-17(2)14-29-26-27-30-15-25(20-5-7-21(8-6-20)28(34)31-23-9-10-23)33(27)16-24(32-26)22-12-18(3)11-19(4)13-22/h5-8,11-13,15-17,23H,9-10,14H2,1-4H3,(H,29,32)(H,31,34). The molecule has 1 fully saturated rings. The van der Waals surface area contributed by atoms with E-state index in [-0.39, 0.29) is 5.91 Å². The molecule has 1 amide bonds. The summed E-state index contributed by atoms with van der Waals surface area (Å²) in [5.74, 6) is 1.25. The van der Waals surface area contributed by atoms with Gasteiger partial charge < -0.3 is 10.6 Å². The second kappa shape index (κ2) is 8.93. The number of rotatable bonds is 7. The highest BCUT2D eigenvalue weighted by molar-refractivity contribution is 5.95. The number of nitrogens with one attached hydrogen (secondary N) is 2. The van der Waals surface area contributed by atoms with E-state index in [4.69, 9.17) is 9.97 Å². The van der Waals surface area contributed by atoms with Crippen molar-refractivity contribution in [1.82, 2.24) is 19.7 Å². The fraction of sp³-hybridized carbons (Fsp3) is 0.321. The molecule has 174 valence electrons. The van der Waals surface area contributed by atoms with Crippen LogP contribution in [0.25, 0.3) is 28.2 Å². The van der Waals surface area contributed by atoms with E-state index in [1.807, 2.05) is 30.5 Å². The number of nitrogens with zero attached hydrogens (tertiary/aromatic N) is 3. The molecule has 0 radical (unpaired) electrons. The van der Waals surface area contributed by atoms with Gasteiger partial charge in [0.1, 0.15) is 0 Å². The van der Waals surface area contributed by atoms with E-state index >= 15 is 0 Å². The van der Waals surface area contributed by atoms with E-state index < -0.39 is 0 Å². The van der Waals surface area contributed by atoms with Crippen molar-refractivity contribution in [1.29, 1.82) is 0 Å². The van der Waals surface area contributed by atoms with E-state index in [1.54, 1.807) is 0 Å². The Balaban J connectivity index is 1.57. The Morgan fingerprint density at radius 3 is 2.41 bits per heavy atom. The average molecular weight is 454 g/mol. The van der Waals surface area contributed by atoms with E-state index in [0.717, 1.165) is 53.4 Å². The highest BCUT2D eigenvalue weighted by atomic mass is 16.1. The fourth-order valence-corrected chi connectivity index (χ4v) is 4.17. The first kappa shape index (κ1) is 22.1. The summed E-state index contributed by atoms with van der Waals surface area (Å²) < 4.78 is 2.10. The maximum atomic E-state index is 12.4. The summed E-state index contributed by atoms with van der Waals surface area (Å²) in [5, 5.41) is 6.54. The molecule has 0 aliphatic heterocycles. The Kier molecular flexibility index (Phi) is 5.82. The molecule has 2 heterocycles. The number of aryl methyl sites for hydroxylation is 2. The Morgan fingerprint density at radius 1 is 1.06 bits per heavy atom. The molecule has 6 heteroatoms. The van der Waals surface area contributed by atoms with Gasteiger partial charge in [-0.3, -0.25) is 9.20 Å². The quantitative estimate of drug-likeness (QED) is 0.380. The first-order valence-corrected chi connectivity index (χ1v) is 12.0. The molecule has 1 saturated carbocycles. The summed E-state index contributed by atoms with van der Waals surface area (Å²) in [6.45, 7) is 9.38. The minimum absolute atomic E-state index is 0.00586. The number of fused-ring (bicyclic) bond motifs is 1. The number of hydrogen-bond donors (Lipinski definition) is 2. The molecule has 0 spiro atoms. The van der Waals surface area contributed by atoms with Crippen LogP contribution in [-0.2, 0) is 0 Å². The van der Waals surface area contributed by atoms with Crippen molar-refractivity contribution < 1.29 is 4.79 Å². The van der Waals surface area contributed by atoms with Crippen LogP contribution in [0.2, 0.25) is 0 Å². The highest BCUT2D eigenvalue weighted by Gasteiger charge is 2.23. The van der Waals surface area contributed by atoms with E-state index in [1.165, 1.54) is 11.1 Å². The molecule has 2 N–H and O–H groups in total. The summed E-state index contributed by atoms with van der Waals surface area (Å²) in [5.41, 5.74) is 7.83. The third kappa shape index (κ3) is 4.67. The van der Waals surface area contributed by atoms with Crippen molar-refractivity contribution in [3.63, 3.8) is 0 Å². The first-order valence-electron chi connectivity index (χ1n) is 12.0. The Labute approximate surface area is 200 Å². The lowest BCUT2D eigenvalue weighted by Gasteiger charge is -2.13. The zero-order valence-electron chi connectivity index (χ0n) is 20.2. The summed E-state index contributed by atoms with van der Waals surface area (Å²) in [4.78, 5) is 22.1. The van der Waals surface area contributed by atoms with Crippen molar-refractivity contribution in [2.45, 2.75) is 46.6 Å². The van der Waals surface area contributed by atoms with Crippen LogP contribution in [0.3, 0.4) is 0 Å². The number of imidazole rings is 1. The summed E-state index contributed by atoms with van der Waals surface area (Å²) in [7, 11) is 0. The number of anilines is 1. The van der Waals surface area contributed by atoms with Crippen molar-refractivity contribution in [2.24, 2.45) is 5.92 Å². The lowest BCUT2D eigenvalue weighted by Crippen LogP contribution is -2.25. The lowest BCUT2D eigenvalue weighted by atomic mass is 10.1. The van der Waals surface area contributed by atoms with Gasteiger partial charge in [0.2, 0.25) is 0 Å². The van der Waals surface area contributed by atoms with Gasteiger partial charge in [0.15, 0.2) is 11.5 Å². The molecule has 1 aliphatic carbocycles. The zero-order chi connectivity index (χ0) is 23.8. The molecule has 0 atom stereocenters. The fourth-order valence-electron chi connectivity index (χ4n) is 4.17. The Morgan fingerprint density at radius 2 is 1.76 bits per heavy atom. The molecule has 6 nitrogen and oxygen atoms in total. The molecule has 2 aromatic carbocycles. The van der Waals surface area contributed by atoms with Crippen LogP contribution in [0.4, 0.5) is 5.82 Å². The van der Waals surface area contributed by atoms with Gasteiger partial charge in [0.05, 0.1) is 17.6 Å². The van der Waals surface area contributed by atoms with Gasteiger partial charge in [-0.2, -0.15) is 0 Å². The maximum Gasteiger partial charge on any atom is 0.251 e. The van der Waals surface area contributed by atoms with Crippen molar-refractivity contribution >= 4 is 17.4 Å². The number of benzene rings is 2. The van der Waals surface area contributed by atoms with Crippen LogP contribution in [0.15, 0.2) is 54.9 Å². The number of aromatic nitrogens is 3. The van der Waals surface area contributed by atoms with Crippen LogP contribution in [0.5, 0.6) is 0 Å². The first-order chi connectivity index (χ1) is 16.4. The molecule has 4 aromatic rings. The third-order valence-corrected chi connectivity index (χ3v) is 6.04. The minimum Gasteiger partial charge on any atom is -0.367 e. The summed E-state index contributed by atoms with van der Waals surface area (Å²) >= 11 is 0. The monoisotopic (exact) mass is 453 g/mol. The highest BCUT2D eigenvalue weighted by Crippen LogP contribution is 2.29. The predicted octanol–water partition coefficient (Wildman–Crippen LogP) is 5.64. The second-order valence-corrected chi connectivity index (χ2v) is 9.79. The van der Waals surface area contributed by atoms with Crippen molar-refractivity contribution in [3.05, 3.63) is 71.5 Å². The zero-order valence-corrected chi connectivity index (χ0v) is 20.2. The second-order valence-electron chi connectivity index (χ2n) is 9.79. The molecular weight excluding hydrogens is 422 g/mol. The van der Waals surface area contributed by atoms with Gasteiger partial charge in [-0.15, -0.1) is 0 Å². The Bertz CT molecular complexity index is 1330. The largest absolute Gasteiger partial charge is 0.367 e. The van der Waals surface area contributed by atoms with Crippen LogP contribution in [-0.4, -0.2) is 32.9 Å². The van der Waals surface area contributed by atoms with Crippen LogP contribution >= 0.6 is 0 Å². The topological polar surface area (TPSA) is 71.3 Å². The van der Waals surface area contributed by atoms with Gasteiger partial charge in [-0.25, -0.2) is 9.97 Å². The average Bonchev–Trinajstić information content (AvgIpc) is 3.51. The molecule has 0 saturated heterocycles. The van der Waals surface area contributed by atoms with Crippen LogP contribution in [0, 0.1) is 19.8 Å². The summed E-state index contributed by atoms with van der Waals surface area (Å²) in [6, 6.07) is 14.6. The third-order valence-electron chi connectivity index (χ3n) is 6.04. The van der Waals surface area contributed by atoms with E-state index in [0.29, 0.717) is 17.5 Å². The molecular formula is C28H31N5O. The van der Waals surface area contributed by atoms with Crippen molar-refractivity contribution in [2.75, 3.05) is 11.9 Å². The number of hydrogen-bond acceptors (Lipinski definition) is 4. The number of carbonyl (C=O) groups is 1. The smallest absolute Gasteiger partial charge is 0.251 e. The molecule has 5 rings (SSSR count).